The molecule has 1 amide bonds. The smallest absolute Gasteiger partial charge is 0.255 e. The summed E-state index contributed by atoms with van der Waals surface area (Å²) >= 11 is 18.4. The molecule has 5 N–H and O–H groups in total. The minimum atomic E-state index is -0.549. The molecule has 0 saturated carbocycles. The van der Waals surface area contributed by atoms with Gasteiger partial charge in [0, 0.05) is 184 Å². The van der Waals surface area contributed by atoms with Crippen molar-refractivity contribution in [1.29, 1.82) is 0 Å². The van der Waals surface area contributed by atoms with E-state index < -0.39 is 35.0 Å². The van der Waals surface area contributed by atoms with Crippen molar-refractivity contribution in [2.24, 2.45) is 11.5 Å². The number of hydrogen-bond donors (Lipinski definition) is 3. The van der Waals surface area contributed by atoms with Gasteiger partial charge in [0.2, 0.25) is 0 Å². The average Bonchev–Trinajstić information content (AvgIpc) is 0.780. The van der Waals surface area contributed by atoms with Crippen LogP contribution in [0.25, 0.3) is 178 Å². The van der Waals surface area contributed by atoms with E-state index in [9.17, 15) is 26.7 Å². The van der Waals surface area contributed by atoms with Crippen LogP contribution in [-0.2, 0) is 4.79 Å². The Hall–Kier alpha value is -16.3. The van der Waals surface area contributed by atoms with Gasteiger partial charge >= 0.3 is 0 Å². The van der Waals surface area contributed by atoms with E-state index in [0.717, 1.165) is 191 Å². The number of nitrogens with one attached hydrogen (secondary N) is 1. The van der Waals surface area contributed by atoms with Crippen LogP contribution in [0, 0.1) is 29.1 Å². The Labute approximate surface area is 840 Å². The molecule has 0 unspecified atom stereocenters. The van der Waals surface area contributed by atoms with Crippen molar-refractivity contribution in [3.8, 4) is 157 Å². The topological polar surface area (TPSA) is 276 Å². The maximum Gasteiger partial charge on any atom is 0.255 e. The van der Waals surface area contributed by atoms with Crippen molar-refractivity contribution in [3.05, 3.63) is 385 Å². The Balaban J connectivity index is 0.000000126. The molecule has 0 bridgehead atoms. The highest BCUT2D eigenvalue weighted by Gasteiger charge is 2.23. The molecular weight excluding hydrogens is 1890 g/mol. The molecule has 1 aliphatic heterocycles. The molecule has 0 atom stereocenters. The van der Waals surface area contributed by atoms with E-state index in [0.29, 0.717) is 103 Å². The van der Waals surface area contributed by atoms with E-state index in [2.05, 4.69) is 96.3 Å². The normalized spacial score (nSPS) is 11.9. The van der Waals surface area contributed by atoms with Gasteiger partial charge in [0.1, 0.15) is 58.2 Å². The molecule has 1 fully saturated rings. The molecule has 1 aliphatic rings. The van der Waals surface area contributed by atoms with Crippen LogP contribution in [0.1, 0.15) is 25.7 Å². The lowest BCUT2D eigenvalue weighted by molar-refractivity contribution is -0.119. The number of primary amides is 1. The molecule has 29 heteroatoms. The number of benzene rings is 8. The van der Waals surface area contributed by atoms with Gasteiger partial charge in [-0.25, -0.2) is 61.8 Å². The summed E-state index contributed by atoms with van der Waals surface area (Å²) in [4.78, 5) is 66.9. The third-order valence-corrected chi connectivity index (χ3v) is 24.4. The zero-order valence-electron chi connectivity index (χ0n) is 77.7. The Morgan fingerprint density at radius 2 is 0.694 bits per heavy atom. The number of piperidine rings is 1. The summed E-state index contributed by atoms with van der Waals surface area (Å²) in [7, 11) is 4.11. The number of carbonyl (C=O) groups excluding carboxylic acids is 1. The maximum atomic E-state index is 14.7. The summed E-state index contributed by atoms with van der Waals surface area (Å²) in [5.74, 6) is 0.169. The first-order valence-electron chi connectivity index (χ1n) is 46.2. The van der Waals surface area contributed by atoms with Crippen LogP contribution in [0.5, 0.6) is 23.0 Å². The molecule has 716 valence electrons. The number of carbonyl (C=O) groups is 1. The van der Waals surface area contributed by atoms with Crippen molar-refractivity contribution in [1.82, 2.24) is 70.0 Å². The van der Waals surface area contributed by atoms with Crippen molar-refractivity contribution >= 4 is 84.8 Å². The number of pyridine rings is 12. The predicted octanol–water partition coefficient (Wildman–Crippen LogP) is 25.8. The highest BCUT2D eigenvalue weighted by atomic mass is 35.5. The zero-order chi connectivity index (χ0) is 99.5. The lowest BCUT2D eigenvalue weighted by Crippen LogP contribution is -2.34. The Morgan fingerprint density at radius 3 is 1.06 bits per heavy atom. The second kappa shape index (κ2) is 45.9. The second-order valence-corrected chi connectivity index (χ2v) is 35.3. The van der Waals surface area contributed by atoms with E-state index in [1.165, 1.54) is 36.4 Å². The van der Waals surface area contributed by atoms with E-state index >= 15 is 0 Å². The van der Waals surface area contributed by atoms with Crippen molar-refractivity contribution in [3.63, 3.8) is 0 Å². The van der Waals surface area contributed by atoms with Gasteiger partial charge in [0.25, 0.3) is 5.91 Å². The van der Waals surface area contributed by atoms with E-state index in [1.807, 2.05) is 182 Å². The van der Waals surface area contributed by atoms with Gasteiger partial charge in [-0.05, 0) is 322 Å². The summed E-state index contributed by atoms with van der Waals surface area (Å²) in [5, 5.41) is 7.96. The van der Waals surface area contributed by atoms with E-state index in [4.69, 9.17) is 65.2 Å². The zero-order valence-corrected chi connectivity index (χ0v) is 80.0. The number of nitrogens with zero attached hydrogens (tertiary/aromatic N) is 13. The van der Waals surface area contributed by atoms with E-state index in [-0.39, 0.29) is 18.3 Å². The van der Waals surface area contributed by atoms with Crippen LogP contribution in [0.15, 0.2) is 341 Å². The van der Waals surface area contributed by atoms with Gasteiger partial charge in [-0.15, -0.1) is 0 Å². The molecule has 8 aromatic carbocycles. The Morgan fingerprint density at radius 1 is 0.354 bits per heavy atom. The number of halogens is 8. The fraction of sp³-hybridized carbons (Fsp3) is 0.122. The van der Waals surface area contributed by atoms with Crippen LogP contribution in [0.4, 0.5) is 22.0 Å². The van der Waals surface area contributed by atoms with Crippen LogP contribution in [0.3, 0.4) is 0 Å². The highest BCUT2D eigenvalue weighted by Crippen LogP contribution is 2.42. The number of amides is 1. The molecular formula is C115H90Cl3F5N16O5. The van der Waals surface area contributed by atoms with Gasteiger partial charge in [0.05, 0.1) is 36.0 Å². The van der Waals surface area contributed by atoms with Crippen LogP contribution in [0.2, 0.25) is 15.1 Å². The molecule has 1 saturated heterocycles. The largest absolute Gasteiger partial charge is 0.494 e. The summed E-state index contributed by atoms with van der Waals surface area (Å²) in [6, 6.07) is 78.3. The fourth-order valence-corrected chi connectivity index (χ4v) is 17.1. The number of rotatable bonds is 26. The summed E-state index contributed by atoms with van der Waals surface area (Å²) < 4.78 is 95.7. The Bertz CT molecular complexity index is 8040. The summed E-state index contributed by atoms with van der Waals surface area (Å²) in [6.45, 7) is 4.59. The first kappa shape index (κ1) is 97.9. The third-order valence-electron chi connectivity index (χ3n) is 23.7. The first-order chi connectivity index (χ1) is 70.2. The number of aromatic nitrogens is 12. The summed E-state index contributed by atoms with van der Waals surface area (Å²) in [5.41, 5.74) is 29.6. The van der Waals surface area contributed by atoms with Crippen LogP contribution in [-0.4, -0.2) is 137 Å². The number of fused-ring (bicyclic) bond motifs is 4. The monoisotopic (exact) mass is 1970 g/mol. The number of hydrogen-bond acceptors (Lipinski definition) is 20. The highest BCUT2D eigenvalue weighted by molar-refractivity contribution is 6.31. The molecule has 21 nitrogen and oxygen atoms in total. The first-order valence-corrected chi connectivity index (χ1v) is 47.3. The molecule has 20 aromatic rings. The lowest BCUT2D eigenvalue weighted by atomic mass is 9.98. The van der Waals surface area contributed by atoms with Gasteiger partial charge in [-0.2, -0.15) is 0 Å². The van der Waals surface area contributed by atoms with Crippen molar-refractivity contribution in [2.45, 2.75) is 31.8 Å². The van der Waals surface area contributed by atoms with Crippen molar-refractivity contribution in [2.75, 3.05) is 60.1 Å². The van der Waals surface area contributed by atoms with Crippen LogP contribution >= 0.6 is 34.8 Å². The maximum absolute atomic E-state index is 14.7. The lowest BCUT2D eigenvalue weighted by Gasteiger charge is -2.24. The SMILES string of the molecule is CN(C)CCCOc1ccc(-c2cncc(-c3cc(-c4cc(Cl)ccc4F)nc4ncccc34)c2)cc1.Fc1ccc(F)c(-c2cc(-c3cncc(-c4cccc(OC5CCNCC5)c4)c3)c3cccnc3n2)c1.NC(=O)COc1ccc(-c2cncc(-c3cc(-c4cc(Cl)ccc4F)nc4ncccc34)c2)cc1.NCCCOc1ccc(-c2cncc(-c3cc(-c4cc(Cl)ccc4F)nc4ncccc34)c2)cc1. The van der Waals surface area contributed by atoms with Crippen molar-refractivity contribution < 1.29 is 45.7 Å². The molecule has 12 aromatic heterocycles. The third kappa shape index (κ3) is 24.1. The predicted molar refractivity (Wildman–Crippen MR) is 558 cm³/mol. The molecule has 21 rings (SSSR count). The standard InChI is InChI=1S/C30H26ClFN4O.C30H24F2N4O.C28H22ClFN4O.C27H18ClFN4O2/c1-36(2)13-4-14-37-24-9-6-20(7-10-24)21-15-22(19-33-18-21)26-17-29(27-16-23(31)8-11-28(27)32)35-30-25(26)5-3-12-34-30;31-22-6-7-28(32)27(15-22)29-16-26(25-5-2-10-35-30(25)36-29)21-13-20(17-34-18-21)19-3-1-4-24(14-19)37-23-8-11-33-12-9-23;29-21-6-9-26(30)25(14-21)27-15-24(23-3-1-11-33-28(23)34-27)20-13-19(16-32-17-20)18-4-7-22(8-5-18)35-12-2-10-31;28-19-5-8-24(29)23(11-19)25-12-22(21-2-1-9-32-27(21)33-25)18-10-17(13-31-14-18)16-3-6-20(7-4-16)35-15-26(30)34/h3,5-12,15-19H,4,13-14H2,1-2H3;1-7,10,13-18,23,33H,8-9,11-12H2;1,3-9,11,13-17H,2,10,12,31H2;1-14H,15H2,(H2,30,34). The molecule has 0 spiro atoms. The molecule has 13 heterocycles. The van der Waals surface area contributed by atoms with E-state index in [1.54, 1.807) is 92.2 Å². The van der Waals surface area contributed by atoms with Crippen LogP contribution < -0.4 is 35.7 Å². The molecule has 0 aliphatic carbocycles. The van der Waals surface area contributed by atoms with Gasteiger partial charge in [-0.1, -0.05) is 83.3 Å². The molecule has 0 radical (unpaired) electrons. The summed E-state index contributed by atoms with van der Waals surface area (Å²) in [6.07, 6.45) is 24.9. The number of nitrogens with two attached hydrogens (primary N) is 2. The minimum absolute atomic E-state index is 0.0840. The number of ether oxygens (including phenoxy) is 4. The molecule has 144 heavy (non-hydrogen) atoms. The quantitative estimate of drug-likeness (QED) is 0.0335. The fourth-order valence-electron chi connectivity index (χ4n) is 16.6. The van der Waals surface area contributed by atoms with Gasteiger partial charge in [0.15, 0.2) is 29.2 Å². The second-order valence-electron chi connectivity index (χ2n) is 34.0. The van der Waals surface area contributed by atoms with Gasteiger partial charge < -0.3 is 40.6 Å². The Kier molecular flexibility index (Phi) is 31.2. The average molecular weight is 1980 g/mol. The minimum Gasteiger partial charge on any atom is -0.494 e. The van der Waals surface area contributed by atoms with Gasteiger partial charge in [-0.3, -0.25) is 24.7 Å².